The van der Waals surface area contributed by atoms with E-state index in [1.807, 2.05) is 0 Å². The molecule has 2 aliphatic rings. The average Bonchev–Trinajstić information content (AvgIpc) is 2.40. The lowest BCUT2D eigenvalue weighted by atomic mass is 9.65. The van der Waals surface area contributed by atoms with E-state index in [-0.39, 0.29) is 0 Å². The van der Waals surface area contributed by atoms with Crippen molar-refractivity contribution in [3.8, 4) is 6.07 Å². The highest BCUT2D eigenvalue weighted by molar-refractivity contribution is 5.17. The standard InChI is InChI=1S/C11H18N2O/c12-7-10(11(14)8-13-9-11)5-3-1-2-4-6-10/h13-14H,1-6,8-9H2. The van der Waals surface area contributed by atoms with Crippen LogP contribution in [0.5, 0.6) is 0 Å². The summed E-state index contributed by atoms with van der Waals surface area (Å²) in [6.07, 6.45) is 6.37. The van der Waals surface area contributed by atoms with Crippen LogP contribution in [0.15, 0.2) is 0 Å². The summed E-state index contributed by atoms with van der Waals surface area (Å²) in [5.41, 5.74) is -1.21. The van der Waals surface area contributed by atoms with E-state index in [2.05, 4.69) is 11.4 Å². The number of hydrogen-bond donors (Lipinski definition) is 2. The molecule has 2 rings (SSSR count). The Kier molecular flexibility index (Phi) is 2.50. The van der Waals surface area contributed by atoms with E-state index >= 15 is 0 Å². The van der Waals surface area contributed by atoms with Crippen LogP contribution in [-0.4, -0.2) is 23.8 Å². The number of hydrogen-bond acceptors (Lipinski definition) is 3. The molecule has 14 heavy (non-hydrogen) atoms. The normalized spacial score (nSPS) is 29.7. The monoisotopic (exact) mass is 194 g/mol. The van der Waals surface area contributed by atoms with E-state index in [0.29, 0.717) is 13.1 Å². The molecule has 2 N–H and O–H groups in total. The molecule has 0 spiro atoms. The van der Waals surface area contributed by atoms with Crippen molar-refractivity contribution >= 4 is 0 Å². The van der Waals surface area contributed by atoms with Crippen molar-refractivity contribution in [2.75, 3.05) is 13.1 Å². The fourth-order valence-electron chi connectivity index (χ4n) is 2.71. The van der Waals surface area contributed by atoms with E-state index < -0.39 is 11.0 Å². The van der Waals surface area contributed by atoms with E-state index in [1.54, 1.807) is 0 Å². The quantitative estimate of drug-likeness (QED) is 0.616. The van der Waals surface area contributed by atoms with E-state index in [4.69, 9.17) is 0 Å². The summed E-state index contributed by atoms with van der Waals surface area (Å²) < 4.78 is 0. The lowest BCUT2D eigenvalue weighted by Crippen LogP contribution is -2.68. The third-order valence-electron chi connectivity index (χ3n) is 3.90. The van der Waals surface area contributed by atoms with Crippen LogP contribution >= 0.6 is 0 Å². The van der Waals surface area contributed by atoms with Crippen LogP contribution in [0.25, 0.3) is 0 Å². The smallest absolute Gasteiger partial charge is 0.108 e. The molecule has 0 bridgehead atoms. The van der Waals surface area contributed by atoms with Crippen molar-refractivity contribution in [3.63, 3.8) is 0 Å². The fraction of sp³-hybridized carbons (Fsp3) is 0.909. The van der Waals surface area contributed by atoms with Gasteiger partial charge in [-0.2, -0.15) is 5.26 Å². The van der Waals surface area contributed by atoms with E-state index in [9.17, 15) is 10.4 Å². The second-order valence-corrected chi connectivity index (χ2v) is 4.74. The predicted molar refractivity (Wildman–Crippen MR) is 53.6 cm³/mol. The van der Waals surface area contributed by atoms with Crippen molar-refractivity contribution in [2.24, 2.45) is 5.41 Å². The zero-order valence-corrected chi connectivity index (χ0v) is 8.55. The molecule has 0 atom stereocenters. The lowest BCUT2D eigenvalue weighted by Gasteiger charge is -2.49. The minimum Gasteiger partial charge on any atom is -0.386 e. The number of nitrogens with one attached hydrogen (secondary N) is 1. The van der Waals surface area contributed by atoms with Gasteiger partial charge in [-0.1, -0.05) is 25.7 Å². The van der Waals surface area contributed by atoms with Gasteiger partial charge in [0.15, 0.2) is 0 Å². The van der Waals surface area contributed by atoms with Gasteiger partial charge in [0.25, 0.3) is 0 Å². The molecule has 78 valence electrons. The van der Waals surface area contributed by atoms with Crippen LogP contribution in [0, 0.1) is 16.7 Å². The maximum absolute atomic E-state index is 10.3. The molecule has 0 aromatic rings. The Morgan fingerprint density at radius 1 is 1.07 bits per heavy atom. The Morgan fingerprint density at radius 3 is 2.00 bits per heavy atom. The first-order valence-electron chi connectivity index (χ1n) is 5.57. The predicted octanol–water partition coefficient (Wildman–Crippen LogP) is 1.18. The van der Waals surface area contributed by atoms with E-state index in [1.165, 1.54) is 12.8 Å². The third-order valence-corrected chi connectivity index (χ3v) is 3.90. The third kappa shape index (κ3) is 1.34. The topological polar surface area (TPSA) is 56.0 Å². The van der Waals surface area contributed by atoms with Gasteiger partial charge in [-0.3, -0.25) is 0 Å². The summed E-state index contributed by atoms with van der Waals surface area (Å²) in [5.74, 6) is 0. The van der Waals surface area contributed by atoms with Gasteiger partial charge in [0, 0.05) is 13.1 Å². The summed E-state index contributed by atoms with van der Waals surface area (Å²) in [6.45, 7) is 1.20. The molecular formula is C11H18N2O. The average molecular weight is 194 g/mol. The number of β-amino-alcohol motifs (C(OH)–C–C–N with tert-alkyl or cyclic N) is 1. The highest BCUT2D eigenvalue weighted by Gasteiger charge is 2.54. The molecular weight excluding hydrogens is 176 g/mol. The first-order valence-corrected chi connectivity index (χ1v) is 5.57. The molecule has 0 radical (unpaired) electrons. The SMILES string of the molecule is N#CC1(C2(O)CNC2)CCCCCC1. The van der Waals surface area contributed by atoms with Crippen LogP contribution < -0.4 is 5.32 Å². The van der Waals surface area contributed by atoms with Crippen molar-refractivity contribution in [1.82, 2.24) is 5.32 Å². The molecule has 1 saturated carbocycles. The van der Waals surface area contributed by atoms with Crippen molar-refractivity contribution in [2.45, 2.75) is 44.1 Å². The van der Waals surface area contributed by atoms with Crippen LogP contribution in [0.1, 0.15) is 38.5 Å². The van der Waals surface area contributed by atoms with Gasteiger partial charge in [-0.25, -0.2) is 0 Å². The Hall–Kier alpha value is -0.590. The van der Waals surface area contributed by atoms with Crippen LogP contribution in [0.3, 0.4) is 0 Å². The van der Waals surface area contributed by atoms with Gasteiger partial charge in [0.2, 0.25) is 0 Å². The Balaban J connectivity index is 2.19. The fourth-order valence-corrected chi connectivity index (χ4v) is 2.71. The number of nitriles is 1. The molecule has 1 saturated heterocycles. The molecule has 1 heterocycles. The second-order valence-electron chi connectivity index (χ2n) is 4.74. The summed E-state index contributed by atoms with van der Waals surface area (Å²) in [5, 5.41) is 22.7. The first kappa shape index (κ1) is 9.95. The molecule has 0 amide bonds. The maximum Gasteiger partial charge on any atom is 0.108 e. The largest absolute Gasteiger partial charge is 0.386 e. The molecule has 0 unspecified atom stereocenters. The van der Waals surface area contributed by atoms with Crippen molar-refractivity contribution in [3.05, 3.63) is 0 Å². The zero-order valence-electron chi connectivity index (χ0n) is 8.55. The molecule has 0 aromatic carbocycles. The lowest BCUT2D eigenvalue weighted by molar-refractivity contribution is -0.100. The minimum absolute atomic E-state index is 0.464. The van der Waals surface area contributed by atoms with Gasteiger partial charge in [-0.05, 0) is 12.8 Å². The highest BCUT2D eigenvalue weighted by atomic mass is 16.3. The summed E-state index contributed by atoms with van der Waals surface area (Å²) in [7, 11) is 0. The highest BCUT2D eigenvalue weighted by Crippen LogP contribution is 2.45. The van der Waals surface area contributed by atoms with Crippen molar-refractivity contribution in [1.29, 1.82) is 5.26 Å². The van der Waals surface area contributed by atoms with Gasteiger partial charge in [0.1, 0.15) is 5.60 Å². The number of nitrogens with zero attached hydrogens (tertiary/aromatic N) is 1. The summed E-state index contributed by atoms with van der Waals surface area (Å²) in [6, 6.07) is 2.41. The molecule has 3 heteroatoms. The molecule has 0 aromatic heterocycles. The first-order chi connectivity index (χ1) is 6.72. The Morgan fingerprint density at radius 2 is 1.64 bits per heavy atom. The number of aliphatic hydroxyl groups is 1. The molecule has 3 nitrogen and oxygen atoms in total. The summed E-state index contributed by atoms with van der Waals surface area (Å²) in [4.78, 5) is 0. The number of rotatable bonds is 1. The Bertz CT molecular complexity index is 245. The van der Waals surface area contributed by atoms with Gasteiger partial charge in [0.05, 0.1) is 11.5 Å². The Labute approximate surface area is 85.1 Å². The van der Waals surface area contributed by atoms with E-state index in [0.717, 1.165) is 25.7 Å². The molecule has 2 fully saturated rings. The van der Waals surface area contributed by atoms with Gasteiger partial charge >= 0.3 is 0 Å². The second kappa shape index (κ2) is 3.52. The van der Waals surface area contributed by atoms with Gasteiger partial charge < -0.3 is 10.4 Å². The van der Waals surface area contributed by atoms with Crippen LogP contribution in [0.4, 0.5) is 0 Å². The molecule has 1 aliphatic heterocycles. The minimum atomic E-state index is -0.744. The molecule has 1 aliphatic carbocycles. The van der Waals surface area contributed by atoms with Crippen molar-refractivity contribution < 1.29 is 5.11 Å². The van der Waals surface area contributed by atoms with Crippen LogP contribution in [0.2, 0.25) is 0 Å². The van der Waals surface area contributed by atoms with Gasteiger partial charge in [-0.15, -0.1) is 0 Å². The zero-order chi connectivity index (χ0) is 10.1. The van der Waals surface area contributed by atoms with Crippen LogP contribution in [-0.2, 0) is 0 Å². The summed E-state index contributed by atoms with van der Waals surface area (Å²) >= 11 is 0. The maximum atomic E-state index is 10.3.